The van der Waals surface area contributed by atoms with Crippen LogP contribution in [0.3, 0.4) is 0 Å². The third-order valence-corrected chi connectivity index (χ3v) is 12.6. The Morgan fingerprint density at radius 2 is 1.17 bits per heavy atom. The standard InChI is InChI=1S/C49H68N10O10S2/c1-28(61)40(25-60)59(41(27-71)43(52)63)49(69)42(29(2)62)58-45(65)36(19-11-12-20-50)54-47(67)38(23-32-24-53-35-18-10-9-17-33(32)35)56-46(66)37(22-31-15-7-4-8-16-31)55-48(68)39(26-70)57-44(64)34(51)21-30-13-5-3-6-14-30/h3-10,13-18,24,28-29,34,36-42,53,60-62,70-71H,11-12,19-23,25-27,50-51H2,1-2H3,(H2,52,63)(H,54,67)(H,55,68)(H,56,66)(H,57,64)(H,58,65)/t28?,29-,34-,36+,37+,38-,39+,40?,41+,42+/m1/s1. The lowest BCUT2D eigenvalue weighted by atomic mass is 10.0. The molecule has 1 aromatic heterocycles. The molecule has 0 saturated carbocycles. The fraction of sp³-hybridized carbons (Fsp3) is 0.449. The SMILES string of the molecule is CC(O)C(CO)N(C(=O)[C@@H](NC(=O)[C@H](CCCCN)NC(=O)[C@@H](Cc1c[nH]c2ccccc12)NC(=O)[C@H](Cc1ccccc1)NC(=O)[C@H](CS)NC(=O)[C@H](N)Cc1ccccc1)[C@@H](C)O)[C@@H](CS)C(N)=O. The number of carbonyl (C=O) groups is 7. The van der Waals surface area contributed by atoms with Crippen molar-refractivity contribution in [2.45, 2.75) is 113 Å². The lowest BCUT2D eigenvalue weighted by molar-refractivity contribution is -0.151. The van der Waals surface area contributed by atoms with Gasteiger partial charge in [-0.15, -0.1) is 0 Å². The van der Waals surface area contributed by atoms with E-state index in [0.29, 0.717) is 24.0 Å². The van der Waals surface area contributed by atoms with Crippen LogP contribution < -0.4 is 43.8 Å². The van der Waals surface area contributed by atoms with E-state index in [0.717, 1.165) is 21.4 Å². The van der Waals surface area contributed by atoms with Crippen LogP contribution in [0.15, 0.2) is 91.1 Å². The summed E-state index contributed by atoms with van der Waals surface area (Å²) in [5.41, 5.74) is 20.4. The van der Waals surface area contributed by atoms with Crippen LogP contribution in [0.25, 0.3) is 10.9 Å². The quantitative estimate of drug-likeness (QED) is 0.0224. The minimum atomic E-state index is -1.79. The van der Waals surface area contributed by atoms with Crippen molar-refractivity contribution in [3.05, 3.63) is 108 Å². The first kappa shape index (κ1) is 57.6. The molecular weight excluding hydrogens is 953 g/mol. The topological polar surface area (TPSA) is 337 Å². The second kappa shape index (κ2) is 28.7. The first-order valence-corrected chi connectivity index (χ1v) is 24.6. The number of thiol groups is 2. The highest BCUT2D eigenvalue weighted by atomic mass is 32.1. The Morgan fingerprint density at radius 3 is 1.70 bits per heavy atom. The molecule has 2 unspecified atom stereocenters. The largest absolute Gasteiger partial charge is 0.394 e. The molecule has 386 valence electrons. The summed E-state index contributed by atoms with van der Waals surface area (Å²) < 4.78 is 0. The van der Waals surface area contributed by atoms with Crippen LogP contribution in [0, 0.1) is 0 Å². The highest BCUT2D eigenvalue weighted by Crippen LogP contribution is 2.21. The molecule has 0 aliphatic carbocycles. The molecular formula is C49H68N10O10S2. The number of benzene rings is 3. The Morgan fingerprint density at radius 1 is 0.648 bits per heavy atom. The number of rotatable bonds is 29. The van der Waals surface area contributed by atoms with Gasteiger partial charge in [-0.25, -0.2) is 0 Å². The number of para-hydroxylation sites is 1. The van der Waals surface area contributed by atoms with E-state index in [9.17, 15) is 48.9 Å². The van der Waals surface area contributed by atoms with E-state index < -0.39 is 108 Å². The summed E-state index contributed by atoms with van der Waals surface area (Å²) in [7, 11) is 0. The Kier molecular flexibility index (Phi) is 23.3. The molecule has 10 atom stereocenters. The van der Waals surface area contributed by atoms with Crippen LogP contribution in [0.2, 0.25) is 0 Å². The molecule has 1 heterocycles. The van der Waals surface area contributed by atoms with Crippen molar-refractivity contribution < 1.29 is 48.9 Å². The Balaban J connectivity index is 1.67. The number of nitrogens with zero attached hydrogens (tertiary/aromatic N) is 1. The van der Waals surface area contributed by atoms with Crippen molar-refractivity contribution in [1.29, 1.82) is 0 Å². The van der Waals surface area contributed by atoms with Crippen LogP contribution in [0.1, 0.15) is 49.8 Å². The summed E-state index contributed by atoms with van der Waals surface area (Å²) in [5.74, 6) is -6.54. The van der Waals surface area contributed by atoms with Gasteiger partial charge in [0.15, 0.2) is 0 Å². The Bertz CT molecular complexity index is 2380. The molecule has 7 amide bonds. The molecule has 0 fully saturated rings. The number of H-pyrrole nitrogens is 1. The average molecular weight is 1020 g/mol. The monoisotopic (exact) mass is 1020 g/mol. The predicted molar refractivity (Wildman–Crippen MR) is 275 cm³/mol. The van der Waals surface area contributed by atoms with Crippen molar-refractivity contribution in [3.63, 3.8) is 0 Å². The van der Waals surface area contributed by atoms with Gasteiger partial charge in [-0.05, 0) is 68.8 Å². The van der Waals surface area contributed by atoms with Crippen molar-refractivity contribution >= 4 is 77.5 Å². The highest BCUT2D eigenvalue weighted by molar-refractivity contribution is 7.80. The first-order chi connectivity index (χ1) is 33.9. The number of aliphatic hydroxyl groups excluding tert-OH is 3. The number of carbonyl (C=O) groups excluding carboxylic acids is 7. The molecule has 71 heavy (non-hydrogen) atoms. The number of amides is 7. The van der Waals surface area contributed by atoms with Crippen LogP contribution in [-0.2, 0) is 52.8 Å². The number of aliphatic hydroxyl groups is 3. The van der Waals surface area contributed by atoms with Crippen LogP contribution >= 0.6 is 25.3 Å². The summed E-state index contributed by atoms with van der Waals surface area (Å²) in [6.07, 6.45) is -0.624. The fourth-order valence-corrected chi connectivity index (χ4v) is 8.55. The van der Waals surface area contributed by atoms with Crippen LogP contribution in [0.4, 0.5) is 0 Å². The number of fused-ring (bicyclic) bond motifs is 1. The van der Waals surface area contributed by atoms with Crippen LogP contribution in [0.5, 0.6) is 0 Å². The molecule has 0 bridgehead atoms. The van der Waals surface area contributed by atoms with Gasteiger partial charge in [0, 0.05) is 41.4 Å². The number of primary amides is 1. The molecule has 0 aliphatic heterocycles. The summed E-state index contributed by atoms with van der Waals surface area (Å²) >= 11 is 8.47. The van der Waals surface area contributed by atoms with Crippen molar-refractivity contribution in [1.82, 2.24) is 36.5 Å². The maximum atomic E-state index is 14.7. The van der Waals surface area contributed by atoms with Gasteiger partial charge in [-0.3, -0.25) is 33.6 Å². The lowest BCUT2D eigenvalue weighted by Crippen LogP contribution is -2.65. The average Bonchev–Trinajstić information content (AvgIpc) is 3.76. The third kappa shape index (κ3) is 16.8. The van der Waals surface area contributed by atoms with Gasteiger partial charge >= 0.3 is 0 Å². The van der Waals surface area contributed by atoms with E-state index in [-0.39, 0.29) is 43.7 Å². The molecule has 3 aromatic carbocycles. The molecule has 0 aliphatic rings. The zero-order chi connectivity index (χ0) is 52.2. The fourth-order valence-electron chi connectivity index (χ4n) is 7.94. The van der Waals surface area contributed by atoms with E-state index in [1.807, 2.05) is 48.5 Å². The third-order valence-electron chi connectivity index (χ3n) is 11.9. The highest BCUT2D eigenvalue weighted by Gasteiger charge is 2.42. The lowest BCUT2D eigenvalue weighted by Gasteiger charge is -2.39. The molecule has 22 heteroatoms. The maximum Gasteiger partial charge on any atom is 0.248 e. The van der Waals surface area contributed by atoms with Gasteiger partial charge in [0.1, 0.15) is 36.3 Å². The normalized spacial score (nSPS) is 15.6. The molecule has 0 spiro atoms. The minimum Gasteiger partial charge on any atom is -0.394 e. The number of aromatic nitrogens is 1. The maximum absolute atomic E-state index is 14.7. The molecule has 20 nitrogen and oxygen atoms in total. The van der Waals surface area contributed by atoms with Gasteiger partial charge < -0.3 is 69.0 Å². The second-order valence-corrected chi connectivity index (χ2v) is 18.1. The van der Waals surface area contributed by atoms with E-state index in [4.69, 9.17) is 17.2 Å². The second-order valence-electron chi connectivity index (χ2n) is 17.3. The van der Waals surface area contributed by atoms with E-state index >= 15 is 0 Å². The summed E-state index contributed by atoms with van der Waals surface area (Å²) in [6.45, 7) is 1.88. The van der Waals surface area contributed by atoms with Crippen molar-refractivity contribution in [3.8, 4) is 0 Å². The molecule has 0 radical (unpaired) electrons. The minimum absolute atomic E-state index is 0.0288. The van der Waals surface area contributed by atoms with Crippen molar-refractivity contribution in [2.24, 2.45) is 17.2 Å². The van der Waals surface area contributed by atoms with Gasteiger partial charge in [-0.2, -0.15) is 25.3 Å². The van der Waals surface area contributed by atoms with E-state index in [2.05, 4.69) is 56.8 Å². The number of nitrogens with one attached hydrogen (secondary N) is 6. The Hall–Kier alpha value is -6.01. The van der Waals surface area contributed by atoms with Gasteiger partial charge in [0.05, 0.1) is 30.9 Å². The zero-order valence-electron chi connectivity index (χ0n) is 39.8. The molecule has 15 N–H and O–H groups in total. The van der Waals surface area contributed by atoms with Gasteiger partial charge in [0.2, 0.25) is 41.4 Å². The number of unbranched alkanes of at least 4 members (excludes halogenated alkanes) is 1. The summed E-state index contributed by atoms with van der Waals surface area (Å²) in [5, 5.41) is 45.7. The smallest absolute Gasteiger partial charge is 0.248 e. The van der Waals surface area contributed by atoms with Gasteiger partial charge in [-0.1, -0.05) is 78.9 Å². The molecule has 4 aromatic rings. The molecule has 4 rings (SSSR count). The van der Waals surface area contributed by atoms with Crippen LogP contribution in [-0.4, -0.2) is 152 Å². The predicted octanol–water partition coefficient (Wildman–Crippen LogP) is -1.26. The number of hydrogen-bond donors (Lipinski definition) is 14. The van der Waals surface area contributed by atoms with E-state index in [1.165, 1.54) is 13.8 Å². The number of aromatic amines is 1. The summed E-state index contributed by atoms with van der Waals surface area (Å²) in [6, 6.07) is 14.1. The first-order valence-electron chi connectivity index (χ1n) is 23.3. The number of hydrogen-bond acceptors (Lipinski definition) is 14. The van der Waals surface area contributed by atoms with Gasteiger partial charge in [0.25, 0.3) is 0 Å². The van der Waals surface area contributed by atoms with E-state index in [1.54, 1.807) is 42.6 Å². The molecule has 0 saturated heterocycles. The zero-order valence-corrected chi connectivity index (χ0v) is 41.6. The summed E-state index contributed by atoms with van der Waals surface area (Å²) in [4.78, 5) is 101. The number of nitrogens with two attached hydrogens (primary N) is 3. The van der Waals surface area contributed by atoms with Crippen molar-refractivity contribution in [2.75, 3.05) is 24.7 Å². The Labute approximate surface area is 423 Å².